The van der Waals surface area contributed by atoms with Gasteiger partial charge in [-0.3, -0.25) is 0 Å². The quantitative estimate of drug-likeness (QED) is 0.0989. The molecule has 0 aliphatic heterocycles. The summed E-state index contributed by atoms with van der Waals surface area (Å²) in [5.41, 5.74) is 0.262. The molecular formula is C33H19F7O. The predicted molar refractivity (Wildman–Crippen MR) is 141 cm³/mol. The van der Waals surface area contributed by atoms with E-state index in [0.717, 1.165) is 42.7 Å². The van der Waals surface area contributed by atoms with E-state index < -0.39 is 46.5 Å². The van der Waals surface area contributed by atoms with E-state index in [1.165, 1.54) is 6.07 Å². The average molecular weight is 565 g/mol. The molecule has 0 aliphatic rings. The molecule has 0 atom stereocenters. The SMILES string of the molecule is C=CCCc1ccc(C#Cc2ccc(C(F)(F)Oc3ccc(C#Cc4cc(F)c(F)c(F)c4)c(F)c3)c(F)c2)cc1. The van der Waals surface area contributed by atoms with Crippen LogP contribution in [0.5, 0.6) is 5.75 Å². The molecule has 0 heterocycles. The summed E-state index contributed by atoms with van der Waals surface area (Å²) in [6.45, 7) is 3.68. The van der Waals surface area contributed by atoms with E-state index in [1.807, 2.05) is 18.2 Å². The molecule has 41 heavy (non-hydrogen) atoms. The van der Waals surface area contributed by atoms with Gasteiger partial charge in [0.05, 0.1) is 5.56 Å². The standard InChI is InChI=1S/C33H19F7O/c1-2-3-4-21-5-7-22(8-6-21)9-10-23-12-16-27(29(35)17-23)33(39,40)41-26-15-14-25(28(34)20-26)13-11-24-18-30(36)32(38)31(37)19-24/h2,5-8,12,14-20H,1,3-4H2. The highest BCUT2D eigenvalue weighted by molar-refractivity contribution is 5.47. The first kappa shape index (κ1) is 29.0. The van der Waals surface area contributed by atoms with Crippen molar-refractivity contribution in [2.24, 2.45) is 0 Å². The van der Waals surface area contributed by atoms with Crippen molar-refractivity contribution >= 4 is 0 Å². The summed E-state index contributed by atoms with van der Waals surface area (Å²) in [6.07, 6.45) is -0.669. The molecule has 0 saturated heterocycles. The predicted octanol–water partition coefficient (Wildman–Crippen LogP) is 8.43. The maximum absolute atomic E-state index is 14.8. The van der Waals surface area contributed by atoms with Gasteiger partial charge in [-0.25, -0.2) is 22.0 Å². The van der Waals surface area contributed by atoms with Crippen LogP contribution >= 0.6 is 0 Å². The fraction of sp³-hybridized carbons (Fsp3) is 0.0909. The smallest absolute Gasteiger partial charge is 0.429 e. The Morgan fingerprint density at radius 3 is 1.90 bits per heavy atom. The lowest BCUT2D eigenvalue weighted by Gasteiger charge is -2.19. The van der Waals surface area contributed by atoms with Crippen LogP contribution in [0.4, 0.5) is 30.7 Å². The normalized spacial score (nSPS) is 10.7. The minimum atomic E-state index is -4.17. The van der Waals surface area contributed by atoms with Crippen LogP contribution in [0.25, 0.3) is 0 Å². The van der Waals surface area contributed by atoms with E-state index >= 15 is 0 Å². The van der Waals surface area contributed by atoms with Crippen LogP contribution in [0.1, 0.15) is 39.8 Å². The monoisotopic (exact) mass is 564 g/mol. The third kappa shape index (κ3) is 7.38. The Bertz CT molecular complexity index is 1700. The van der Waals surface area contributed by atoms with Crippen molar-refractivity contribution in [3.05, 3.63) is 148 Å². The highest BCUT2D eigenvalue weighted by atomic mass is 19.3. The number of ether oxygens (including phenoxy) is 1. The van der Waals surface area contributed by atoms with Crippen molar-refractivity contribution in [3.63, 3.8) is 0 Å². The van der Waals surface area contributed by atoms with Crippen LogP contribution < -0.4 is 4.74 Å². The van der Waals surface area contributed by atoms with Crippen molar-refractivity contribution in [3.8, 4) is 29.4 Å². The molecule has 0 radical (unpaired) electrons. The summed E-state index contributed by atoms with van der Waals surface area (Å²) in [4.78, 5) is 0. The highest BCUT2D eigenvalue weighted by Crippen LogP contribution is 2.34. The Kier molecular flexibility index (Phi) is 8.84. The fourth-order valence-electron chi connectivity index (χ4n) is 3.63. The molecule has 4 aromatic carbocycles. The maximum atomic E-state index is 14.8. The van der Waals surface area contributed by atoms with Gasteiger partial charge in [-0.1, -0.05) is 41.9 Å². The Morgan fingerprint density at radius 1 is 0.659 bits per heavy atom. The van der Waals surface area contributed by atoms with Crippen LogP contribution in [0.2, 0.25) is 0 Å². The first-order valence-electron chi connectivity index (χ1n) is 12.1. The maximum Gasteiger partial charge on any atom is 0.429 e. The van der Waals surface area contributed by atoms with Gasteiger partial charge < -0.3 is 4.74 Å². The van der Waals surface area contributed by atoms with Crippen molar-refractivity contribution < 1.29 is 35.5 Å². The minimum absolute atomic E-state index is 0.160. The Labute approximate surface area is 231 Å². The van der Waals surface area contributed by atoms with Gasteiger partial charge >= 0.3 is 6.11 Å². The molecule has 0 unspecified atom stereocenters. The van der Waals surface area contributed by atoms with Gasteiger partial charge in [-0.05, 0) is 73.0 Å². The van der Waals surface area contributed by atoms with Gasteiger partial charge in [0.1, 0.15) is 22.9 Å². The molecule has 0 fully saturated rings. The average Bonchev–Trinajstić information content (AvgIpc) is 2.93. The lowest BCUT2D eigenvalue weighted by Crippen LogP contribution is -2.23. The second-order valence-electron chi connectivity index (χ2n) is 8.73. The van der Waals surface area contributed by atoms with Crippen molar-refractivity contribution in [1.82, 2.24) is 0 Å². The van der Waals surface area contributed by atoms with Gasteiger partial charge in [0, 0.05) is 22.8 Å². The van der Waals surface area contributed by atoms with E-state index in [-0.39, 0.29) is 16.7 Å². The highest BCUT2D eigenvalue weighted by Gasteiger charge is 2.37. The van der Waals surface area contributed by atoms with E-state index in [2.05, 4.69) is 35.0 Å². The molecule has 0 aromatic heterocycles. The molecule has 0 aliphatic carbocycles. The lowest BCUT2D eigenvalue weighted by atomic mass is 10.1. The molecule has 0 amide bonds. The van der Waals surface area contributed by atoms with Crippen molar-refractivity contribution in [2.45, 2.75) is 19.0 Å². The second-order valence-corrected chi connectivity index (χ2v) is 8.73. The second kappa shape index (κ2) is 12.5. The van der Waals surface area contributed by atoms with Gasteiger partial charge in [-0.15, -0.1) is 6.58 Å². The summed E-state index contributed by atoms with van der Waals surface area (Å²) >= 11 is 0. The van der Waals surface area contributed by atoms with E-state index in [1.54, 1.807) is 12.1 Å². The zero-order valence-electron chi connectivity index (χ0n) is 21.2. The van der Waals surface area contributed by atoms with Crippen LogP contribution in [0.15, 0.2) is 85.5 Å². The number of benzene rings is 4. The lowest BCUT2D eigenvalue weighted by molar-refractivity contribution is -0.187. The first-order valence-corrected chi connectivity index (χ1v) is 12.1. The number of aryl methyl sites for hydroxylation is 1. The molecular weight excluding hydrogens is 545 g/mol. The van der Waals surface area contributed by atoms with Crippen molar-refractivity contribution in [1.29, 1.82) is 0 Å². The molecule has 4 aromatic rings. The zero-order chi connectivity index (χ0) is 29.6. The number of hydrogen-bond donors (Lipinski definition) is 0. The van der Waals surface area contributed by atoms with E-state index in [4.69, 9.17) is 0 Å². The molecule has 1 nitrogen and oxygen atoms in total. The summed E-state index contributed by atoms with van der Waals surface area (Å²) in [5.74, 6) is 2.49. The summed E-state index contributed by atoms with van der Waals surface area (Å²) in [5, 5.41) is 0. The molecule has 4 rings (SSSR count). The van der Waals surface area contributed by atoms with Gasteiger partial charge in [0.2, 0.25) is 0 Å². The first-order chi connectivity index (χ1) is 19.6. The molecule has 0 saturated carbocycles. The Hall–Kier alpha value is -4.95. The van der Waals surface area contributed by atoms with Crippen LogP contribution in [0.3, 0.4) is 0 Å². The fourth-order valence-corrected chi connectivity index (χ4v) is 3.63. The molecule has 0 bridgehead atoms. The van der Waals surface area contributed by atoms with Crippen LogP contribution in [0, 0.1) is 52.8 Å². The van der Waals surface area contributed by atoms with Gasteiger partial charge in [-0.2, -0.15) is 8.78 Å². The molecule has 8 heteroatoms. The molecule has 0 spiro atoms. The Morgan fingerprint density at radius 2 is 1.27 bits per heavy atom. The van der Waals surface area contributed by atoms with Gasteiger partial charge in [0.15, 0.2) is 17.5 Å². The number of alkyl halides is 2. The largest absolute Gasteiger partial charge is 0.429 e. The third-order valence-electron chi connectivity index (χ3n) is 5.74. The van der Waals surface area contributed by atoms with Crippen LogP contribution in [-0.2, 0) is 12.5 Å². The number of halogens is 7. The van der Waals surface area contributed by atoms with E-state index in [9.17, 15) is 30.7 Å². The summed E-state index contributed by atoms with van der Waals surface area (Å²) < 4.78 is 103. The minimum Gasteiger partial charge on any atom is -0.429 e. The Balaban J connectivity index is 1.47. The number of allylic oxidation sites excluding steroid dienone is 1. The van der Waals surface area contributed by atoms with Gasteiger partial charge in [0.25, 0.3) is 0 Å². The van der Waals surface area contributed by atoms with Crippen molar-refractivity contribution in [2.75, 3.05) is 0 Å². The summed E-state index contributed by atoms with van der Waals surface area (Å²) in [6, 6.07) is 14.1. The summed E-state index contributed by atoms with van der Waals surface area (Å²) in [7, 11) is 0. The molecule has 206 valence electrons. The number of hydrogen-bond acceptors (Lipinski definition) is 1. The topological polar surface area (TPSA) is 9.23 Å². The van der Waals surface area contributed by atoms with E-state index in [0.29, 0.717) is 23.8 Å². The third-order valence-corrected chi connectivity index (χ3v) is 5.74. The number of rotatable bonds is 6. The molecule has 0 N–H and O–H groups in total. The zero-order valence-corrected chi connectivity index (χ0v) is 21.2. The van der Waals surface area contributed by atoms with Crippen LogP contribution in [-0.4, -0.2) is 0 Å².